The Morgan fingerprint density at radius 2 is 1.24 bits per heavy atom. The first-order chi connectivity index (χ1) is 7.77. The maximum absolute atomic E-state index is 4.75. The van der Waals surface area contributed by atoms with Gasteiger partial charge in [-0.1, -0.05) is 0 Å². The quantitative estimate of drug-likeness (QED) is 0.352. The molecule has 0 bridgehead atoms. The fourth-order valence-corrected chi connectivity index (χ4v) is 2.48. The number of hydrogen-bond donors (Lipinski definition) is 0. The minimum atomic E-state index is 0. The minimum Gasteiger partial charge on any atom is -0.789 e. The van der Waals surface area contributed by atoms with Crippen molar-refractivity contribution >= 4 is 20.6 Å². The zero-order valence-corrected chi connectivity index (χ0v) is 14.0. The summed E-state index contributed by atoms with van der Waals surface area (Å²) in [5.41, 5.74) is 0. The summed E-state index contributed by atoms with van der Waals surface area (Å²) >= 11 is 4.75. The van der Waals surface area contributed by atoms with Crippen molar-refractivity contribution in [2.45, 2.75) is 0 Å². The molecule has 17 heavy (non-hydrogen) atoms. The van der Waals surface area contributed by atoms with Crippen molar-refractivity contribution < 1.29 is 21.7 Å². The van der Waals surface area contributed by atoms with E-state index in [1.807, 2.05) is 60.7 Å². The second kappa shape index (κ2) is 16.2. The molecule has 2 aromatic rings. The third kappa shape index (κ3) is 18.7. The Morgan fingerprint density at radius 1 is 0.882 bits per heavy atom. The third-order valence-corrected chi connectivity index (χ3v) is 3.53. The van der Waals surface area contributed by atoms with E-state index >= 15 is 0 Å². The first-order valence-corrected chi connectivity index (χ1v) is 8.76. The van der Waals surface area contributed by atoms with Gasteiger partial charge in [-0.05, 0) is 7.92 Å². The normalized spacial score (nSPS) is 8.24. The molecule has 0 aliphatic carbocycles. The monoisotopic (exact) mass is 300 g/mol. The molecule has 0 N–H and O–H groups in total. The summed E-state index contributed by atoms with van der Waals surface area (Å²) in [4.78, 5) is 0. The van der Waals surface area contributed by atoms with Crippen LogP contribution in [-0.2, 0) is 34.3 Å². The second-order valence-corrected chi connectivity index (χ2v) is 6.91. The Kier molecular flexibility index (Phi) is 18.6. The van der Waals surface area contributed by atoms with Gasteiger partial charge in [0.05, 0.1) is 0 Å². The standard InChI is InChI=1S/2C5H5.C4H11PS.Ti/c2*1-2-4-5-3-1;1-5(2)3-4-6;/h2*1-5H;6H,3-4H2,1-2H3;/q2*-1;;. The van der Waals surface area contributed by atoms with E-state index in [9.17, 15) is 0 Å². The first-order valence-electron chi connectivity index (χ1n) is 5.48. The summed E-state index contributed by atoms with van der Waals surface area (Å²) in [7, 11) is 0.0103. The molecule has 0 aliphatic heterocycles. The van der Waals surface area contributed by atoms with Crippen LogP contribution in [0.4, 0.5) is 0 Å². The largest absolute Gasteiger partial charge is 0.789 e. The van der Waals surface area contributed by atoms with E-state index in [1.54, 1.807) is 0 Å². The van der Waals surface area contributed by atoms with E-state index in [-0.39, 0.29) is 29.6 Å². The van der Waals surface area contributed by atoms with E-state index in [0.717, 1.165) is 5.75 Å². The maximum Gasteiger partial charge on any atom is 0.0463 e. The molecule has 0 unspecified atom stereocenters. The molecule has 0 spiro atoms. The fraction of sp³-hybridized carbons (Fsp3) is 0.286. The Labute approximate surface area is 128 Å². The molecule has 94 valence electrons. The summed E-state index contributed by atoms with van der Waals surface area (Å²) in [6.07, 6.45) is 1.29. The SMILES string of the molecule is C[PH+](C)CC[S-].[Ti].c1cc[cH-]c1.c1cc[cH-]c1. The predicted octanol–water partition coefficient (Wildman–Crippen LogP) is 3.82. The number of hydrogen-bond acceptors (Lipinski definition) is 1. The molecule has 0 saturated carbocycles. The van der Waals surface area contributed by atoms with Crippen molar-refractivity contribution in [1.82, 2.24) is 0 Å². The van der Waals surface area contributed by atoms with Gasteiger partial charge in [-0.25, -0.2) is 24.3 Å². The van der Waals surface area contributed by atoms with Gasteiger partial charge in [0.1, 0.15) is 0 Å². The summed E-state index contributed by atoms with van der Waals surface area (Å²) in [6, 6.07) is 20.0. The van der Waals surface area contributed by atoms with E-state index < -0.39 is 0 Å². The van der Waals surface area contributed by atoms with Crippen LogP contribution in [-0.4, -0.2) is 25.2 Å². The van der Waals surface area contributed by atoms with Gasteiger partial charge in [0.2, 0.25) is 0 Å². The van der Waals surface area contributed by atoms with Crippen molar-refractivity contribution in [1.29, 1.82) is 0 Å². The van der Waals surface area contributed by atoms with Crippen LogP contribution in [0.3, 0.4) is 0 Å². The smallest absolute Gasteiger partial charge is 0.0463 e. The van der Waals surface area contributed by atoms with Gasteiger partial charge in [-0.15, -0.1) is 5.75 Å². The van der Waals surface area contributed by atoms with Crippen LogP contribution in [0.2, 0.25) is 0 Å². The van der Waals surface area contributed by atoms with Crippen molar-refractivity contribution in [3.63, 3.8) is 0 Å². The van der Waals surface area contributed by atoms with Gasteiger partial charge in [-0.3, -0.25) is 0 Å². The van der Waals surface area contributed by atoms with Crippen LogP contribution < -0.4 is 0 Å². The molecule has 0 fully saturated rings. The minimum absolute atomic E-state index is 0. The molecule has 0 radical (unpaired) electrons. The van der Waals surface area contributed by atoms with Gasteiger partial charge in [0.25, 0.3) is 0 Å². The topological polar surface area (TPSA) is 0 Å². The maximum atomic E-state index is 4.75. The predicted molar refractivity (Wildman–Crippen MR) is 81.3 cm³/mol. The van der Waals surface area contributed by atoms with Crippen LogP contribution in [0, 0.1) is 0 Å². The van der Waals surface area contributed by atoms with E-state index in [1.165, 1.54) is 6.16 Å². The van der Waals surface area contributed by atoms with E-state index in [4.69, 9.17) is 12.6 Å². The molecule has 0 aromatic heterocycles. The summed E-state index contributed by atoms with van der Waals surface area (Å²) in [5.74, 6) is 0.960. The second-order valence-electron chi connectivity index (χ2n) is 3.59. The molecule has 0 heterocycles. The van der Waals surface area contributed by atoms with E-state index in [0.29, 0.717) is 0 Å². The molecular weight excluding hydrogens is 279 g/mol. The molecule has 2 rings (SSSR count). The van der Waals surface area contributed by atoms with Crippen molar-refractivity contribution in [2.75, 3.05) is 25.2 Å². The number of rotatable bonds is 2. The Balaban J connectivity index is 0. The van der Waals surface area contributed by atoms with Gasteiger partial charge in [0, 0.05) is 41.2 Å². The molecule has 3 heteroatoms. The third-order valence-electron chi connectivity index (χ3n) is 1.71. The van der Waals surface area contributed by atoms with Crippen LogP contribution in [0.25, 0.3) is 0 Å². The van der Waals surface area contributed by atoms with Crippen molar-refractivity contribution in [3.8, 4) is 0 Å². The molecule has 2 aromatic carbocycles. The average molecular weight is 300 g/mol. The molecular formula is C14H21PSTi-2. The fourth-order valence-electron chi connectivity index (χ4n) is 0.846. The van der Waals surface area contributed by atoms with E-state index in [2.05, 4.69) is 13.3 Å². The molecule has 0 saturated heterocycles. The van der Waals surface area contributed by atoms with Crippen LogP contribution in [0.1, 0.15) is 0 Å². The van der Waals surface area contributed by atoms with Gasteiger partial charge in [-0.2, -0.15) is 36.4 Å². The average Bonchev–Trinajstić information content (AvgIpc) is 2.98. The Bertz CT molecular complexity index is 216. The van der Waals surface area contributed by atoms with Gasteiger partial charge < -0.3 is 12.6 Å². The van der Waals surface area contributed by atoms with Crippen molar-refractivity contribution in [3.05, 3.63) is 60.7 Å². The molecule has 0 aliphatic rings. The molecule has 0 nitrogen and oxygen atoms in total. The first kappa shape index (κ1) is 19.5. The summed E-state index contributed by atoms with van der Waals surface area (Å²) in [6.45, 7) is 4.58. The van der Waals surface area contributed by atoms with Crippen LogP contribution in [0.15, 0.2) is 60.7 Å². The zero-order valence-electron chi connectivity index (χ0n) is 10.6. The van der Waals surface area contributed by atoms with Crippen LogP contribution >= 0.6 is 7.92 Å². The zero-order chi connectivity index (χ0) is 12.1. The van der Waals surface area contributed by atoms with Crippen LogP contribution in [0.5, 0.6) is 0 Å². The van der Waals surface area contributed by atoms with Gasteiger partial charge >= 0.3 is 0 Å². The van der Waals surface area contributed by atoms with Gasteiger partial charge in [0.15, 0.2) is 0 Å². The molecule has 0 amide bonds. The van der Waals surface area contributed by atoms with Crippen molar-refractivity contribution in [2.24, 2.45) is 0 Å². The molecule has 0 atom stereocenters. The summed E-state index contributed by atoms with van der Waals surface area (Å²) < 4.78 is 0. The summed E-state index contributed by atoms with van der Waals surface area (Å²) in [5, 5.41) is 0. The Morgan fingerprint density at radius 3 is 1.29 bits per heavy atom. The Hall–Kier alpha value is 0.194.